The molecule has 0 aromatic rings. The van der Waals surface area contributed by atoms with Gasteiger partial charge in [-0.05, 0) is 57.2 Å². The maximum absolute atomic E-state index is 2.63. The molecule has 1 rings (SSSR count). The third-order valence-electron chi connectivity index (χ3n) is 5.23. The minimum Gasteiger partial charge on any atom is -0.304 e. The Morgan fingerprint density at radius 3 is 2.24 bits per heavy atom. The van der Waals surface area contributed by atoms with Crippen LogP contribution >= 0.6 is 0 Å². The molecule has 3 atom stereocenters. The Labute approximate surface area is 134 Å². The molecule has 0 N–H and O–H groups in total. The second kappa shape index (κ2) is 9.84. The van der Waals surface area contributed by atoms with Gasteiger partial charge in [-0.15, -0.1) is 0 Å². The van der Waals surface area contributed by atoms with Crippen LogP contribution in [0.4, 0.5) is 0 Å². The zero-order chi connectivity index (χ0) is 15.8. The molecule has 0 heterocycles. The van der Waals surface area contributed by atoms with Crippen LogP contribution in [0.3, 0.4) is 0 Å². The number of nitrogens with zero attached hydrogens (tertiary/aromatic N) is 2. The highest BCUT2D eigenvalue weighted by molar-refractivity contribution is 4.81. The van der Waals surface area contributed by atoms with Crippen LogP contribution in [0.5, 0.6) is 0 Å². The predicted octanol–water partition coefficient (Wildman–Crippen LogP) is 4.50. The van der Waals surface area contributed by atoms with Gasteiger partial charge >= 0.3 is 0 Å². The average Bonchev–Trinajstić information content (AvgIpc) is 2.44. The van der Waals surface area contributed by atoms with E-state index in [1.165, 1.54) is 58.3 Å². The second-order valence-corrected chi connectivity index (χ2v) is 7.85. The minimum absolute atomic E-state index is 0.789. The lowest BCUT2D eigenvalue weighted by Crippen LogP contribution is -2.38. The van der Waals surface area contributed by atoms with Gasteiger partial charge in [-0.25, -0.2) is 0 Å². The standard InChI is InChI=1S/C19H40N2/c1-7-21(8-2)15-17(5)12-18-10-9-11-19(13-18)20(6)14-16(3)4/h16-19H,7-15H2,1-6H3. The van der Waals surface area contributed by atoms with Gasteiger partial charge < -0.3 is 9.80 Å². The van der Waals surface area contributed by atoms with E-state index in [-0.39, 0.29) is 0 Å². The highest BCUT2D eigenvalue weighted by Crippen LogP contribution is 2.32. The molecule has 1 saturated carbocycles. The number of hydrogen-bond acceptors (Lipinski definition) is 2. The highest BCUT2D eigenvalue weighted by atomic mass is 15.1. The molecule has 0 amide bonds. The molecule has 2 nitrogen and oxygen atoms in total. The van der Waals surface area contributed by atoms with Crippen molar-refractivity contribution in [3.63, 3.8) is 0 Å². The van der Waals surface area contributed by atoms with Crippen LogP contribution in [0.25, 0.3) is 0 Å². The van der Waals surface area contributed by atoms with Gasteiger partial charge in [-0.1, -0.05) is 47.5 Å². The molecule has 21 heavy (non-hydrogen) atoms. The summed E-state index contributed by atoms with van der Waals surface area (Å²) in [6.45, 7) is 16.6. The first kappa shape index (κ1) is 19.0. The molecule has 0 bridgehead atoms. The molecule has 0 radical (unpaired) electrons. The molecule has 3 unspecified atom stereocenters. The first-order valence-corrected chi connectivity index (χ1v) is 9.38. The zero-order valence-electron chi connectivity index (χ0n) is 15.6. The van der Waals surface area contributed by atoms with Crippen molar-refractivity contribution >= 4 is 0 Å². The fourth-order valence-electron chi connectivity index (χ4n) is 4.17. The Bertz CT molecular complexity index is 260. The van der Waals surface area contributed by atoms with Crippen molar-refractivity contribution in [1.82, 2.24) is 9.80 Å². The quantitative estimate of drug-likeness (QED) is 0.618. The third kappa shape index (κ3) is 7.15. The molecule has 0 spiro atoms. The normalized spacial score (nSPS) is 25.0. The summed E-state index contributed by atoms with van der Waals surface area (Å²) in [4.78, 5) is 5.21. The first-order valence-electron chi connectivity index (χ1n) is 9.38. The second-order valence-electron chi connectivity index (χ2n) is 7.85. The maximum atomic E-state index is 2.63. The van der Waals surface area contributed by atoms with Crippen molar-refractivity contribution in [1.29, 1.82) is 0 Å². The van der Waals surface area contributed by atoms with Gasteiger partial charge in [0.2, 0.25) is 0 Å². The van der Waals surface area contributed by atoms with Gasteiger partial charge in [-0.2, -0.15) is 0 Å². The highest BCUT2D eigenvalue weighted by Gasteiger charge is 2.26. The van der Waals surface area contributed by atoms with Gasteiger partial charge in [0.15, 0.2) is 0 Å². The summed E-state index contributed by atoms with van der Waals surface area (Å²) in [5.74, 6) is 2.60. The summed E-state index contributed by atoms with van der Waals surface area (Å²) in [5.41, 5.74) is 0. The van der Waals surface area contributed by atoms with Crippen LogP contribution in [-0.2, 0) is 0 Å². The summed E-state index contributed by atoms with van der Waals surface area (Å²) in [5, 5.41) is 0. The molecule has 1 aliphatic rings. The monoisotopic (exact) mass is 296 g/mol. The minimum atomic E-state index is 0.789. The summed E-state index contributed by atoms with van der Waals surface area (Å²) in [7, 11) is 2.34. The Morgan fingerprint density at radius 2 is 1.67 bits per heavy atom. The molecule has 1 fully saturated rings. The molecule has 2 heteroatoms. The van der Waals surface area contributed by atoms with Gasteiger partial charge in [0, 0.05) is 19.1 Å². The lowest BCUT2D eigenvalue weighted by molar-refractivity contribution is 0.129. The van der Waals surface area contributed by atoms with Gasteiger partial charge in [0.1, 0.15) is 0 Å². The van der Waals surface area contributed by atoms with Crippen molar-refractivity contribution in [2.75, 3.05) is 33.2 Å². The van der Waals surface area contributed by atoms with Gasteiger partial charge in [-0.3, -0.25) is 0 Å². The van der Waals surface area contributed by atoms with Crippen molar-refractivity contribution in [3.05, 3.63) is 0 Å². The van der Waals surface area contributed by atoms with Crippen molar-refractivity contribution < 1.29 is 0 Å². The Morgan fingerprint density at radius 1 is 1.00 bits per heavy atom. The lowest BCUT2D eigenvalue weighted by Gasteiger charge is -2.37. The van der Waals surface area contributed by atoms with E-state index >= 15 is 0 Å². The molecule has 126 valence electrons. The van der Waals surface area contributed by atoms with E-state index in [0.29, 0.717) is 0 Å². The average molecular weight is 297 g/mol. The van der Waals surface area contributed by atoms with Crippen LogP contribution in [0.15, 0.2) is 0 Å². The predicted molar refractivity (Wildman–Crippen MR) is 94.8 cm³/mol. The summed E-state index contributed by atoms with van der Waals surface area (Å²) < 4.78 is 0. The van der Waals surface area contributed by atoms with E-state index in [1.54, 1.807) is 0 Å². The third-order valence-corrected chi connectivity index (χ3v) is 5.23. The Balaban J connectivity index is 2.38. The van der Waals surface area contributed by atoms with Crippen LogP contribution in [-0.4, -0.2) is 49.1 Å². The SMILES string of the molecule is CCN(CC)CC(C)CC1CCCC(N(C)CC(C)C)C1. The lowest BCUT2D eigenvalue weighted by atomic mass is 9.80. The maximum Gasteiger partial charge on any atom is 0.00949 e. The number of rotatable bonds is 9. The van der Waals surface area contributed by atoms with Crippen molar-refractivity contribution in [2.45, 2.75) is 72.8 Å². The van der Waals surface area contributed by atoms with E-state index in [1.807, 2.05) is 0 Å². The van der Waals surface area contributed by atoms with E-state index in [2.05, 4.69) is 51.5 Å². The van der Waals surface area contributed by atoms with Crippen molar-refractivity contribution in [2.24, 2.45) is 17.8 Å². The molecule has 1 aliphatic carbocycles. The van der Waals surface area contributed by atoms with E-state index in [9.17, 15) is 0 Å². The van der Waals surface area contributed by atoms with Gasteiger partial charge in [0.05, 0.1) is 0 Å². The smallest absolute Gasteiger partial charge is 0.00949 e. The molecule has 0 saturated heterocycles. The Kier molecular flexibility index (Phi) is 8.89. The fraction of sp³-hybridized carbons (Fsp3) is 1.00. The van der Waals surface area contributed by atoms with E-state index in [0.717, 1.165) is 23.8 Å². The molecular formula is C19H40N2. The largest absolute Gasteiger partial charge is 0.304 e. The van der Waals surface area contributed by atoms with E-state index < -0.39 is 0 Å². The number of hydrogen-bond donors (Lipinski definition) is 0. The molecular weight excluding hydrogens is 256 g/mol. The summed E-state index contributed by atoms with van der Waals surface area (Å²) >= 11 is 0. The van der Waals surface area contributed by atoms with Crippen molar-refractivity contribution in [3.8, 4) is 0 Å². The summed E-state index contributed by atoms with van der Waals surface area (Å²) in [6.07, 6.45) is 7.20. The first-order chi connectivity index (χ1) is 9.96. The molecule has 0 aromatic carbocycles. The van der Waals surface area contributed by atoms with Crippen LogP contribution < -0.4 is 0 Å². The molecule has 0 aliphatic heterocycles. The zero-order valence-corrected chi connectivity index (χ0v) is 15.6. The Hall–Kier alpha value is -0.0800. The topological polar surface area (TPSA) is 6.48 Å². The molecule has 0 aromatic heterocycles. The van der Waals surface area contributed by atoms with Gasteiger partial charge in [0.25, 0.3) is 0 Å². The van der Waals surface area contributed by atoms with Crippen LogP contribution in [0.1, 0.15) is 66.7 Å². The summed E-state index contributed by atoms with van der Waals surface area (Å²) in [6, 6.07) is 0.840. The van der Waals surface area contributed by atoms with E-state index in [4.69, 9.17) is 0 Å². The van der Waals surface area contributed by atoms with Crippen LogP contribution in [0.2, 0.25) is 0 Å². The van der Waals surface area contributed by atoms with Crippen LogP contribution in [0, 0.1) is 17.8 Å². The fourth-order valence-corrected chi connectivity index (χ4v) is 4.17.